The number of hydrogen-bond donors (Lipinski definition) is 1. The summed E-state index contributed by atoms with van der Waals surface area (Å²) in [5.74, 6) is -0.544. The van der Waals surface area contributed by atoms with Gasteiger partial charge in [-0.15, -0.1) is 11.3 Å². The molecule has 0 unspecified atom stereocenters. The van der Waals surface area contributed by atoms with Crippen LogP contribution in [0, 0.1) is 0 Å². The molecule has 0 saturated carbocycles. The van der Waals surface area contributed by atoms with Crippen LogP contribution in [0.5, 0.6) is 0 Å². The first-order valence-electron chi connectivity index (χ1n) is 6.65. The third kappa shape index (κ3) is 2.84. The molecule has 1 heterocycles. The van der Waals surface area contributed by atoms with Gasteiger partial charge in [0.1, 0.15) is 4.88 Å². The average Bonchev–Trinajstić information content (AvgIpc) is 2.98. The van der Waals surface area contributed by atoms with Gasteiger partial charge >= 0.3 is 5.97 Å². The maximum absolute atomic E-state index is 12.3. The van der Waals surface area contributed by atoms with Crippen molar-refractivity contribution in [3.63, 3.8) is 0 Å². The lowest BCUT2D eigenvalue weighted by atomic mass is 10.1. The Morgan fingerprint density at radius 1 is 1.05 bits per heavy atom. The quantitative estimate of drug-likeness (QED) is 0.745. The second-order valence-corrected chi connectivity index (χ2v) is 5.76. The molecular formula is C17H13NO3S. The fourth-order valence-electron chi connectivity index (χ4n) is 2.10. The molecule has 4 nitrogen and oxygen atoms in total. The van der Waals surface area contributed by atoms with Gasteiger partial charge < -0.3 is 10.1 Å². The number of carbonyl (C=O) groups excluding carboxylic acids is 2. The fraction of sp³-hybridized carbons (Fsp3) is 0.0588. The van der Waals surface area contributed by atoms with Crippen molar-refractivity contribution in [1.82, 2.24) is 0 Å². The first-order chi connectivity index (χ1) is 10.7. The van der Waals surface area contributed by atoms with E-state index in [4.69, 9.17) is 4.74 Å². The number of carbonyl (C=O) groups is 2. The molecule has 0 fully saturated rings. The van der Waals surface area contributed by atoms with E-state index in [-0.39, 0.29) is 11.9 Å². The lowest BCUT2D eigenvalue weighted by molar-refractivity contribution is 0.0606. The monoisotopic (exact) mass is 311 g/mol. The van der Waals surface area contributed by atoms with Crippen molar-refractivity contribution in [3.8, 4) is 0 Å². The number of esters is 1. The number of amides is 1. The van der Waals surface area contributed by atoms with E-state index in [9.17, 15) is 9.59 Å². The van der Waals surface area contributed by atoms with E-state index in [0.717, 1.165) is 15.8 Å². The first kappa shape index (κ1) is 14.3. The van der Waals surface area contributed by atoms with Crippen LogP contribution >= 0.6 is 11.3 Å². The minimum Gasteiger partial charge on any atom is -0.465 e. The highest BCUT2D eigenvalue weighted by molar-refractivity contribution is 7.20. The zero-order chi connectivity index (χ0) is 15.5. The maximum atomic E-state index is 12.3. The number of hydrogen-bond acceptors (Lipinski definition) is 4. The molecule has 0 aliphatic carbocycles. The molecule has 3 rings (SSSR count). The zero-order valence-electron chi connectivity index (χ0n) is 11.8. The van der Waals surface area contributed by atoms with Crippen molar-refractivity contribution < 1.29 is 14.3 Å². The highest BCUT2D eigenvalue weighted by Crippen LogP contribution is 2.27. The highest BCUT2D eigenvalue weighted by Gasteiger charge is 2.12. The van der Waals surface area contributed by atoms with Gasteiger partial charge in [-0.3, -0.25) is 4.79 Å². The Labute approximate surface area is 131 Å². The summed E-state index contributed by atoms with van der Waals surface area (Å²) in [4.78, 5) is 24.3. The normalized spacial score (nSPS) is 10.4. The molecule has 5 heteroatoms. The Bertz CT molecular complexity index is 839. The van der Waals surface area contributed by atoms with Crippen LogP contribution in [0.25, 0.3) is 10.1 Å². The van der Waals surface area contributed by atoms with Crippen LogP contribution < -0.4 is 5.32 Å². The van der Waals surface area contributed by atoms with Crippen molar-refractivity contribution >= 4 is 39.0 Å². The van der Waals surface area contributed by atoms with Gasteiger partial charge in [0.15, 0.2) is 0 Å². The molecule has 0 atom stereocenters. The predicted octanol–water partition coefficient (Wildman–Crippen LogP) is 3.94. The molecule has 1 amide bonds. The van der Waals surface area contributed by atoms with Crippen molar-refractivity contribution in [2.24, 2.45) is 0 Å². The summed E-state index contributed by atoms with van der Waals surface area (Å²) in [6.07, 6.45) is 0. The number of fused-ring (bicyclic) bond motifs is 1. The number of methoxy groups -OCH3 is 1. The van der Waals surface area contributed by atoms with Crippen LogP contribution in [-0.2, 0) is 4.74 Å². The summed E-state index contributed by atoms with van der Waals surface area (Å²) in [7, 11) is 1.35. The summed E-state index contributed by atoms with van der Waals surface area (Å²) in [5.41, 5.74) is 1.30. The molecule has 0 aliphatic rings. The van der Waals surface area contributed by atoms with E-state index in [0.29, 0.717) is 10.4 Å². The van der Waals surface area contributed by atoms with E-state index in [1.165, 1.54) is 18.4 Å². The van der Waals surface area contributed by atoms with Crippen molar-refractivity contribution in [3.05, 3.63) is 65.0 Å². The number of anilines is 1. The molecule has 0 aliphatic heterocycles. The molecule has 0 radical (unpaired) electrons. The summed E-state index contributed by atoms with van der Waals surface area (Å²) in [5, 5.41) is 3.76. The topological polar surface area (TPSA) is 55.4 Å². The van der Waals surface area contributed by atoms with Gasteiger partial charge in [0.2, 0.25) is 0 Å². The Kier molecular flexibility index (Phi) is 3.89. The molecule has 110 valence electrons. The van der Waals surface area contributed by atoms with Crippen LogP contribution in [0.3, 0.4) is 0 Å². The third-order valence-corrected chi connectivity index (χ3v) is 4.28. The van der Waals surface area contributed by atoms with E-state index < -0.39 is 0 Å². The zero-order valence-corrected chi connectivity index (χ0v) is 12.6. The standard InChI is InChI=1S/C17H13NO3S/c1-21-17(20)15-9-11-7-8-12(10-14(11)22-15)16(19)18-13-5-3-2-4-6-13/h2-10H,1H3,(H,18,19). The van der Waals surface area contributed by atoms with Gasteiger partial charge in [-0.25, -0.2) is 4.79 Å². The summed E-state index contributed by atoms with van der Waals surface area (Å²) in [6, 6.07) is 16.4. The minimum absolute atomic E-state index is 0.180. The average molecular weight is 311 g/mol. The number of thiophene rings is 1. The fourth-order valence-corrected chi connectivity index (χ4v) is 3.12. The first-order valence-corrected chi connectivity index (χ1v) is 7.47. The number of para-hydroxylation sites is 1. The highest BCUT2D eigenvalue weighted by atomic mass is 32.1. The summed E-state index contributed by atoms with van der Waals surface area (Å²) >= 11 is 1.31. The number of benzene rings is 2. The number of ether oxygens (including phenoxy) is 1. The lowest BCUT2D eigenvalue weighted by Gasteiger charge is -2.04. The SMILES string of the molecule is COC(=O)c1cc2ccc(C(=O)Nc3ccccc3)cc2s1. The summed E-state index contributed by atoms with van der Waals surface area (Å²) < 4.78 is 5.59. The molecule has 1 aromatic heterocycles. The van der Waals surface area contributed by atoms with E-state index in [1.54, 1.807) is 18.2 Å². The van der Waals surface area contributed by atoms with E-state index >= 15 is 0 Å². The molecule has 22 heavy (non-hydrogen) atoms. The molecule has 0 spiro atoms. The number of rotatable bonds is 3. The lowest BCUT2D eigenvalue weighted by Crippen LogP contribution is -2.11. The van der Waals surface area contributed by atoms with Crippen LogP contribution in [0.1, 0.15) is 20.0 Å². The molecule has 0 saturated heterocycles. The van der Waals surface area contributed by atoms with Crippen LogP contribution in [0.15, 0.2) is 54.6 Å². The van der Waals surface area contributed by atoms with Crippen LogP contribution in [0.4, 0.5) is 5.69 Å². The minimum atomic E-state index is -0.364. The molecule has 1 N–H and O–H groups in total. The molecule has 3 aromatic rings. The van der Waals surface area contributed by atoms with Gasteiger partial charge in [-0.2, -0.15) is 0 Å². The Morgan fingerprint density at radius 3 is 2.55 bits per heavy atom. The van der Waals surface area contributed by atoms with Crippen LogP contribution in [0.2, 0.25) is 0 Å². The van der Waals surface area contributed by atoms with Crippen LogP contribution in [-0.4, -0.2) is 19.0 Å². The van der Waals surface area contributed by atoms with E-state index in [1.807, 2.05) is 36.4 Å². The van der Waals surface area contributed by atoms with Crippen molar-refractivity contribution in [2.75, 3.05) is 12.4 Å². The van der Waals surface area contributed by atoms with Gasteiger partial charge in [-0.05, 0) is 35.7 Å². The smallest absolute Gasteiger partial charge is 0.348 e. The predicted molar refractivity (Wildman–Crippen MR) is 87.6 cm³/mol. The van der Waals surface area contributed by atoms with E-state index in [2.05, 4.69) is 5.32 Å². The van der Waals surface area contributed by atoms with Gasteiger partial charge in [0.25, 0.3) is 5.91 Å². The Morgan fingerprint density at radius 2 is 1.82 bits per heavy atom. The number of nitrogens with one attached hydrogen (secondary N) is 1. The van der Waals surface area contributed by atoms with Crippen molar-refractivity contribution in [1.29, 1.82) is 0 Å². The molecular weight excluding hydrogens is 298 g/mol. The van der Waals surface area contributed by atoms with Crippen molar-refractivity contribution in [2.45, 2.75) is 0 Å². The largest absolute Gasteiger partial charge is 0.465 e. The van der Waals surface area contributed by atoms with Gasteiger partial charge in [0.05, 0.1) is 7.11 Å². The third-order valence-electron chi connectivity index (χ3n) is 3.20. The van der Waals surface area contributed by atoms with Gasteiger partial charge in [-0.1, -0.05) is 24.3 Å². The maximum Gasteiger partial charge on any atom is 0.348 e. The summed E-state index contributed by atoms with van der Waals surface area (Å²) in [6.45, 7) is 0. The van der Waals surface area contributed by atoms with Gasteiger partial charge in [0, 0.05) is 16.0 Å². The molecule has 0 bridgehead atoms. The second-order valence-electron chi connectivity index (χ2n) is 4.67. The molecule has 2 aromatic carbocycles. The Balaban J connectivity index is 1.88. The Hall–Kier alpha value is -2.66. The second kappa shape index (κ2) is 5.99.